The molecule has 0 atom stereocenters. The van der Waals surface area contributed by atoms with Crippen molar-refractivity contribution >= 4 is 0 Å². The van der Waals surface area contributed by atoms with Crippen LogP contribution in [0.15, 0.2) is 36.4 Å². The van der Waals surface area contributed by atoms with E-state index in [1.165, 1.54) is 13.2 Å². The molecule has 0 aliphatic carbocycles. The molecule has 0 unspecified atom stereocenters. The molecule has 0 fully saturated rings. The molecule has 100 valence electrons. The van der Waals surface area contributed by atoms with Crippen LogP contribution in [-0.4, -0.2) is 22.4 Å². The Balaban J connectivity index is 2.05. The van der Waals surface area contributed by atoms with Gasteiger partial charge in [-0.2, -0.15) is 0 Å². The zero-order valence-electron chi connectivity index (χ0n) is 10.6. The first-order valence-electron chi connectivity index (χ1n) is 5.97. The van der Waals surface area contributed by atoms with Crippen LogP contribution in [0.5, 0.6) is 23.0 Å². The van der Waals surface area contributed by atoms with Crippen molar-refractivity contribution in [2.45, 2.75) is 12.8 Å². The van der Waals surface area contributed by atoms with Crippen LogP contribution in [0.4, 0.5) is 0 Å². The number of aryl methyl sites for hydroxylation is 2. The van der Waals surface area contributed by atoms with Crippen LogP contribution >= 0.6 is 0 Å². The molecule has 0 aromatic heterocycles. The van der Waals surface area contributed by atoms with Crippen molar-refractivity contribution in [3.8, 4) is 23.0 Å². The maximum atomic E-state index is 9.67. The molecule has 0 amide bonds. The van der Waals surface area contributed by atoms with Gasteiger partial charge in [0, 0.05) is 0 Å². The number of phenols is 3. The summed E-state index contributed by atoms with van der Waals surface area (Å²) in [6.45, 7) is 0. The summed E-state index contributed by atoms with van der Waals surface area (Å²) in [5.74, 6) is 0.334. The van der Waals surface area contributed by atoms with E-state index in [-0.39, 0.29) is 17.2 Å². The minimum atomic E-state index is -0.120. The molecule has 2 aromatic rings. The third kappa shape index (κ3) is 3.10. The fourth-order valence-corrected chi connectivity index (χ4v) is 1.90. The van der Waals surface area contributed by atoms with Crippen LogP contribution < -0.4 is 4.74 Å². The second kappa shape index (κ2) is 5.52. The SMILES string of the molecule is COc1ccc(CCc2ccc(O)c(O)c2)cc1O. The van der Waals surface area contributed by atoms with Gasteiger partial charge in [0.15, 0.2) is 23.0 Å². The topological polar surface area (TPSA) is 69.9 Å². The number of aromatic hydroxyl groups is 3. The highest BCUT2D eigenvalue weighted by Crippen LogP contribution is 2.28. The predicted molar refractivity (Wildman–Crippen MR) is 71.8 cm³/mol. The Bertz CT molecular complexity index is 578. The molecule has 2 aromatic carbocycles. The second-order valence-electron chi connectivity index (χ2n) is 4.33. The van der Waals surface area contributed by atoms with Gasteiger partial charge in [0.05, 0.1) is 7.11 Å². The van der Waals surface area contributed by atoms with Gasteiger partial charge >= 0.3 is 0 Å². The Morgan fingerprint density at radius 2 is 1.37 bits per heavy atom. The number of rotatable bonds is 4. The van der Waals surface area contributed by atoms with Gasteiger partial charge in [-0.15, -0.1) is 0 Å². The highest BCUT2D eigenvalue weighted by Gasteiger charge is 2.04. The van der Waals surface area contributed by atoms with E-state index in [0.717, 1.165) is 17.5 Å². The quantitative estimate of drug-likeness (QED) is 0.739. The standard InChI is InChI=1S/C15H16O4/c1-19-15-7-5-11(9-14(15)18)3-2-10-4-6-12(16)13(17)8-10/h4-9,16-18H,2-3H2,1H3. The number of phenolic OH excluding ortho intramolecular Hbond substituents is 3. The van der Waals surface area contributed by atoms with Crippen molar-refractivity contribution in [3.63, 3.8) is 0 Å². The number of ether oxygens (including phenoxy) is 1. The predicted octanol–water partition coefficient (Wildman–Crippen LogP) is 2.60. The van der Waals surface area contributed by atoms with Crippen LogP contribution in [0.25, 0.3) is 0 Å². The minimum Gasteiger partial charge on any atom is -0.504 e. The first-order valence-corrected chi connectivity index (χ1v) is 5.97. The summed E-state index contributed by atoms with van der Waals surface area (Å²) in [5.41, 5.74) is 1.90. The normalized spacial score (nSPS) is 10.4. The van der Waals surface area contributed by atoms with Crippen LogP contribution in [0.1, 0.15) is 11.1 Å². The fraction of sp³-hybridized carbons (Fsp3) is 0.200. The summed E-state index contributed by atoms with van der Waals surface area (Å²) in [7, 11) is 1.51. The molecule has 0 spiro atoms. The van der Waals surface area contributed by atoms with E-state index in [1.807, 2.05) is 6.07 Å². The number of methoxy groups -OCH3 is 1. The first-order chi connectivity index (χ1) is 9.10. The maximum Gasteiger partial charge on any atom is 0.160 e. The lowest BCUT2D eigenvalue weighted by atomic mass is 10.0. The van der Waals surface area contributed by atoms with E-state index in [4.69, 9.17) is 4.74 Å². The average molecular weight is 260 g/mol. The third-order valence-corrected chi connectivity index (χ3v) is 2.99. The Morgan fingerprint density at radius 1 is 0.789 bits per heavy atom. The minimum absolute atomic E-state index is 0.116. The molecule has 4 heteroatoms. The Morgan fingerprint density at radius 3 is 1.89 bits per heavy atom. The van der Waals surface area contributed by atoms with E-state index in [1.54, 1.807) is 24.3 Å². The molecule has 0 saturated carbocycles. The molecule has 0 aliphatic rings. The summed E-state index contributed by atoms with van der Waals surface area (Å²) in [6.07, 6.45) is 1.43. The highest BCUT2D eigenvalue weighted by atomic mass is 16.5. The molecule has 0 aliphatic heterocycles. The largest absolute Gasteiger partial charge is 0.504 e. The van der Waals surface area contributed by atoms with Crippen molar-refractivity contribution in [3.05, 3.63) is 47.5 Å². The summed E-state index contributed by atoms with van der Waals surface area (Å²) >= 11 is 0. The monoisotopic (exact) mass is 260 g/mol. The van der Waals surface area contributed by atoms with E-state index in [2.05, 4.69) is 0 Å². The van der Waals surface area contributed by atoms with Crippen molar-refractivity contribution in [1.82, 2.24) is 0 Å². The Kier molecular flexibility index (Phi) is 3.80. The Hall–Kier alpha value is -2.36. The third-order valence-electron chi connectivity index (χ3n) is 2.99. The van der Waals surface area contributed by atoms with E-state index in [9.17, 15) is 15.3 Å². The van der Waals surface area contributed by atoms with Gasteiger partial charge in [-0.3, -0.25) is 0 Å². The zero-order valence-corrected chi connectivity index (χ0v) is 10.6. The number of benzene rings is 2. The number of hydrogen-bond donors (Lipinski definition) is 3. The van der Waals surface area contributed by atoms with E-state index in [0.29, 0.717) is 12.2 Å². The number of hydrogen-bond acceptors (Lipinski definition) is 4. The molecule has 2 rings (SSSR count). The molecular weight excluding hydrogens is 244 g/mol. The lowest BCUT2D eigenvalue weighted by Crippen LogP contribution is -1.92. The highest BCUT2D eigenvalue weighted by molar-refractivity contribution is 5.43. The van der Waals surface area contributed by atoms with Gasteiger partial charge in [0.1, 0.15) is 0 Å². The molecule has 4 nitrogen and oxygen atoms in total. The molecule has 0 bridgehead atoms. The fourth-order valence-electron chi connectivity index (χ4n) is 1.90. The van der Waals surface area contributed by atoms with E-state index >= 15 is 0 Å². The summed E-state index contributed by atoms with van der Waals surface area (Å²) in [4.78, 5) is 0. The van der Waals surface area contributed by atoms with Crippen LogP contribution in [-0.2, 0) is 12.8 Å². The molecular formula is C15H16O4. The van der Waals surface area contributed by atoms with Crippen molar-refractivity contribution in [2.75, 3.05) is 7.11 Å². The van der Waals surface area contributed by atoms with Gasteiger partial charge < -0.3 is 20.1 Å². The van der Waals surface area contributed by atoms with Crippen molar-refractivity contribution in [1.29, 1.82) is 0 Å². The molecule has 0 heterocycles. The molecule has 3 N–H and O–H groups in total. The van der Waals surface area contributed by atoms with Gasteiger partial charge in [-0.25, -0.2) is 0 Å². The van der Waals surface area contributed by atoms with Crippen molar-refractivity contribution < 1.29 is 20.1 Å². The Labute approximate surface area is 111 Å². The molecule has 0 radical (unpaired) electrons. The van der Waals surface area contributed by atoms with Crippen LogP contribution in [0, 0.1) is 0 Å². The summed E-state index contributed by atoms with van der Waals surface area (Å²) < 4.78 is 4.98. The summed E-state index contributed by atoms with van der Waals surface area (Å²) in [5, 5.41) is 28.3. The van der Waals surface area contributed by atoms with Gasteiger partial charge in [0.25, 0.3) is 0 Å². The van der Waals surface area contributed by atoms with Crippen LogP contribution in [0.2, 0.25) is 0 Å². The zero-order chi connectivity index (χ0) is 13.8. The van der Waals surface area contributed by atoms with Gasteiger partial charge in [-0.05, 0) is 48.2 Å². The maximum absolute atomic E-state index is 9.67. The first kappa shape index (κ1) is 13.1. The lowest BCUT2D eigenvalue weighted by molar-refractivity contribution is 0.373. The lowest BCUT2D eigenvalue weighted by Gasteiger charge is -2.07. The molecule has 0 saturated heterocycles. The van der Waals surface area contributed by atoms with Gasteiger partial charge in [-0.1, -0.05) is 12.1 Å². The molecule has 19 heavy (non-hydrogen) atoms. The summed E-state index contributed by atoms with van der Waals surface area (Å²) in [6, 6.07) is 10.0. The van der Waals surface area contributed by atoms with Crippen LogP contribution in [0.3, 0.4) is 0 Å². The smallest absolute Gasteiger partial charge is 0.160 e. The van der Waals surface area contributed by atoms with Crippen molar-refractivity contribution in [2.24, 2.45) is 0 Å². The van der Waals surface area contributed by atoms with E-state index < -0.39 is 0 Å². The second-order valence-corrected chi connectivity index (χ2v) is 4.33. The van der Waals surface area contributed by atoms with Gasteiger partial charge in [0.2, 0.25) is 0 Å². The average Bonchev–Trinajstić information content (AvgIpc) is 2.40.